The van der Waals surface area contributed by atoms with Crippen molar-refractivity contribution >= 4 is 0 Å². The third-order valence-electron chi connectivity index (χ3n) is 4.14. The zero-order valence-corrected chi connectivity index (χ0v) is 13.5. The van der Waals surface area contributed by atoms with E-state index in [-0.39, 0.29) is 0 Å². The summed E-state index contributed by atoms with van der Waals surface area (Å²) in [5.41, 5.74) is 4.65. The monoisotopic (exact) mass is 291 g/mol. The molecule has 114 valence electrons. The molecule has 0 saturated carbocycles. The predicted octanol–water partition coefficient (Wildman–Crippen LogP) is 6.13. The summed E-state index contributed by atoms with van der Waals surface area (Å²) in [5.74, 6) is 0. The Morgan fingerprint density at radius 1 is 0.818 bits per heavy atom. The van der Waals surface area contributed by atoms with E-state index in [0.717, 1.165) is 12.0 Å². The lowest BCUT2D eigenvalue weighted by Gasteiger charge is -2.10. The first-order valence-electron chi connectivity index (χ1n) is 8.43. The van der Waals surface area contributed by atoms with E-state index in [1.807, 2.05) is 12.1 Å². The van der Waals surface area contributed by atoms with Gasteiger partial charge in [-0.3, -0.25) is 0 Å². The van der Waals surface area contributed by atoms with Crippen LogP contribution in [0.1, 0.15) is 56.6 Å². The number of aryl methyl sites for hydroxylation is 1. The number of hydrogen-bond donors (Lipinski definition) is 0. The fraction of sp³-hybridized carbons (Fsp3) is 0.381. The molecule has 0 radical (unpaired) electrons. The Hall–Kier alpha value is -2.07. The Balaban J connectivity index is 1.99. The molecule has 0 aliphatic carbocycles. The van der Waals surface area contributed by atoms with E-state index in [1.165, 1.54) is 55.2 Å². The minimum absolute atomic E-state index is 0.720. The van der Waals surface area contributed by atoms with Gasteiger partial charge < -0.3 is 0 Å². The SMILES string of the molecule is CCCCCCCCc1ccccc1-c1ccc(C#N)cc1. The number of hydrogen-bond acceptors (Lipinski definition) is 1. The normalized spacial score (nSPS) is 10.4. The van der Waals surface area contributed by atoms with Crippen LogP contribution < -0.4 is 0 Å². The molecule has 0 heterocycles. The molecule has 0 aromatic heterocycles. The smallest absolute Gasteiger partial charge is 0.0991 e. The summed E-state index contributed by atoms with van der Waals surface area (Å²) in [5, 5.41) is 8.91. The van der Waals surface area contributed by atoms with E-state index in [2.05, 4.69) is 49.4 Å². The molecule has 2 aromatic rings. The molecule has 1 heteroatoms. The van der Waals surface area contributed by atoms with Crippen molar-refractivity contribution in [2.24, 2.45) is 0 Å². The first-order chi connectivity index (χ1) is 10.8. The quantitative estimate of drug-likeness (QED) is 0.537. The first-order valence-corrected chi connectivity index (χ1v) is 8.43. The number of unbranched alkanes of at least 4 members (excludes halogenated alkanes) is 5. The summed E-state index contributed by atoms with van der Waals surface area (Å²) in [6.45, 7) is 2.26. The van der Waals surface area contributed by atoms with Gasteiger partial charge in [0.05, 0.1) is 11.6 Å². The van der Waals surface area contributed by atoms with Gasteiger partial charge in [0.25, 0.3) is 0 Å². The van der Waals surface area contributed by atoms with Crippen molar-refractivity contribution in [3.8, 4) is 17.2 Å². The third-order valence-corrected chi connectivity index (χ3v) is 4.14. The third kappa shape index (κ3) is 4.74. The molecule has 0 fully saturated rings. The molecule has 0 saturated heterocycles. The van der Waals surface area contributed by atoms with Gasteiger partial charge in [0, 0.05) is 0 Å². The Morgan fingerprint density at radius 3 is 2.23 bits per heavy atom. The van der Waals surface area contributed by atoms with Gasteiger partial charge in [-0.2, -0.15) is 5.26 Å². The standard InChI is InChI=1S/C21H25N/c1-2-3-4-5-6-7-10-19-11-8-9-12-21(19)20-15-13-18(17-22)14-16-20/h8-9,11-16H,2-7,10H2,1H3. The number of nitrogens with zero attached hydrogens (tertiary/aromatic N) is 1. The molecule has 0 aliphatic rings. The summed E-state index contributed by atoms with van der Waals surface area (Å²) >= 11 is 0. The summed E-state index contributed by atoms with van der Waals surface area (Å²) in [6, 6.07) is 18.7. The molecule has 1 nitrogen and oxygen atoms in total. The van der Waals surface area contributed by atoms with Gasteiger partial charge in [0.2, 0.25) is 0 Å². The highest BCUT2D eigenvalue weighted by atomic mass is 14.2. The summed E-state index contributed by atoms with van der Waals surface area (Å²) in [6.07, 6.45) is 9.12. The minimum Gasteiger partial charge on any atom is -0.192 e. The van der Waals surface area contributed by atoms with Crippen LogP contribution in [-0.2, 0) is 6.42 Å². The second-order valence-electron chi connectivity index (χ2n) is 5.86. The lowest BCUT2D eigenvalue weighted by Crippen LogP contribution is -1.91. The highest BCUT2D eigenvalue weighted by Crippen LogP contribution is 2.25. The van der Waals surface area contributed by atoms with Gasteiger partial charge in [0.15, 0.2) is 0 Å². The summed E-state index contributed by atoms with van der Waals surface area (Å²) in [7, 11) is 0. The highest BCUT2D eigenvalue weighted by molar-refractivity contribution is 5.68. The minimum atomic E-state index is 0.720. The maximum atomic E-state index is 8.91. The first kappa shape index (κ1) is 16.3. The molecular formula is C21H25N. The van der Waals surface area contributed by atoms with Crippen LogP contribution >= 0.6 is 0 Å². The molecule has 0 spiro atoms. The molecule has 0 unspecified atom stereocenters. The Bertz CT molecular complexity index is 605. The van der Waals surface area contributed by atoms with Crippen LogP contribution in [0.4, 0.5) is 0 Å². The molecular weight excluding hydrogens is 266 g/mol. The van der Waals surface area contributed by atoms with Gasteiger partial charge in [-0.05, 0) is 41.7 Å². The van der Waals surface area contributed by atoms with Crippen molar-refractivity contribution < 1.29 is 0 Å². The van der Waals surface area contributed by atoms with Crippen LogP contribution in [0.15, 0.2) is 48.5 Å². The average molecular weight is 291 g/mol. The second-order valence-corrected chi connectivity index (χ2v) is 5.86. The maximum absolute atomic E-state index is 8.91. The molecule has 22 heavy (non-hydrogen) atoms. The molecule has 0 bridgehead atoms. The lowest BCUT2D eigenvalue weighted by molar-refractivity contribution is 0.608. The largest absolute Gasteiger partial charge is 0.192 e. The molecule has 2 rings (SSSR count). The topological polar surface area (TPSA) is 23.8 Å². The van der Waals surface area contributed by atoms with Crippen LogP contribution in [0.25, 0.3) is 11.1 Å². The van der Waals surface area contributed by atoms with Gasteiger partial charge in [0.1, 0.15) is 0 Å². The average Bonchev–Trinajstić information content (AvgIpc) is 2.58. The van der Waals surface area contributed by atoms with E-state index >= 15 is 0 Å². The second kappa shape index (κ2) is 9.05. The van der Waals surface area contributed by atoms with Crippen LogP contribution in [0.3, 0.4) is 0 Å². The molecule has 0 amide bonds. The summed E-state index contributed by atoms with van der Waals surface area (Å²) < 4.78 is 0. The molecule has 0 aliphatic heterocycles. The van der Waals surface area contributed by atoms with Crippen molar-refractivity contribution in [1.82, 2.24) is 0 Å². The van der Waals surface area contributed by atoms with Gasteiger partial charge in [-0.25, -0.2) is 0 Å². The number of nitriles is 1. The summed E-state index contributed by atoms with van der Waals surface area (Å²) in [4.78, 5) is 0. The van der Waals surface area contributed by atoms with E-state index in [9.17, 15) is 0 Å². The lowest BCUT2D eigenvalue weighted by atomic mass is 9.95. The van der Waals surface area contributed by atoms with Crippen molar-refractivity contribution in [2.75, 3.05) is 0 Å². The van der Waals surface area contributed by atoms with Crippen molar-refractivity contribution in [3.63, 3.8) is 0 Å². The van der Waals surface area contributed by atoms with E-state index in [4.69, 9.17) is 5.26 Å². The number of benzene rings is 2. The van der Waals surface area contributed by atoms with E-state index in [0.29, 0.717) is 0 Å². The Morgan fingerprint density at radius 2 is 1.50 bits per heavy atom. The van der Waals surface area contributed by atoms with Crippen LogP contribution in [0.5, 0.6) is 0 Å². The molecule has 2 aromatic carbocycles. The zero-order chi connectivity index (χ0) is 15.6. The Labute approximate surface area is 134 Å². The maximum Gasteiger partial charge on any atom is 0.0991 e. The zero-order valence-electron chi connectivity index (χ0n) is 13.5. The Kier molecular flexibility index (Phi) is 6.71. The fourth-order valence-corrected chi connectivity index (χ4v) is 2.84. The fourth-order valence-electron chi connectivity index (χ4n) is 2.84. The van der Waals surface area contributed by atoms with Crippen LogP contribution in [-0.4, -0.2) is 0 Å². The predicted molar refractivity (Wildman–Crippen MR) is 93.7 cm³/mol. The van der Waals surface area contributed by atoms with E-state index < -0.39 is 0 Å². The van der Waals surface area contributed by atoms with Gasteiger partial charge in [-0.15, -0.1) is 0 Å². The number of rotatable bonds is 8. The van der Waals surface area contributed by atoms with E-state index in [1.54, 1.807) is 0 Å². The van der Waals surface area contributed by atoms with Gasteiger partial charge >= 0.3 is 0 Å². The highest BCUT2D eigenvalue weighted by Gasteiger charge is 2.04. The van der Waals surface area contributed by atoms with Crippen LogP contribution in [0, 0.1) is 11.3 Å². The molecule has 0 atom stereocenters. The van der Waals surface area contributed by atoms with Crippen molar-refractivity contribution in [3.05, 3.63) is 59.7 Å². The van der Waals surface area contributed by atoms with Crippen molar-refractivity contribution in [2.45, 2.75) is 51.9 Å². The van der Waals surface area contributed by atoms with Crippen LogP contribution in [0.2, 0.25) is 0 Å². The molecule has 0 N–H and O–H groups in total. The van der Waals surface area contributed by atoms with Crippen molar-refractivity contribution in [1.29, 1.82) is 5.26 Å². The van der Waals surface area contributed by atoms with Gasteiger partial charge in [-0.1, -0.05) is 75.4 Å².